The first-order chi connectivity index (χ1) is 13.8. The fourth-order valence-corrected chi connectivity index (χ4v) is 3.66. The molecule has 4 rings (SSSR count). The Kier molecular flexibility index (Phi) is 4.99. The van der Waals surface area contributed by atoms with E-state index in [9.17, 15) is 13.2 Å². The zero-order chi connectivity index (χ0) is 20.6. The SMILES string of the molecule is Cc1cc(C)n2cc(CSc3nc(-c4ccccc4)cc(C(F)(F)F)n3)nc2n1. The van der Waals surface area contributed by atoms with Crippen molar-refractivity contribution in [3.05, 3.63) is 71.4 Å². The van der Waals surface area contributed by atoms with Gasteiger partial charge in [-0.15, -0.1) is 0 Å². The van der Waals surface area contributed by atoms with Crippen LogP contribution in [0, 0.1) is 13.8 Å². The van der Waals surface area contributed by atoms with Gasteiger partial charge in [0.05, 0.1) is 11.4 Å². The van der Waals surface area contributed by atoms with Crippen LogP contribution in [0.2, 0.25) is 0 Å². The van der Waals surface area contributed by atoms with Crippen LogP contribution in [-0.2, 0) is 11.9 Å². The summed E-state index contributed by atoms with van der Waals surface area (Å²) in [5.41, 5.74) is 2.41. The minimum absolute atomic E-state index is 0.0524. The Morgan fingerprint density at radius 2 is 1.72 bits per heavy atom. The molecular formula is C20H16F3N5S. The summed E-state index contributed by atoms with van der Waals surface area (Å²) in [5, 5.41) is 0.0524. The van der Waals surface area contributed by atoms with Gasteiger partial charge in [-0.05, 0) is 26.0 Å². The summed E-state index contributed by atoms with van der Waals surface area (Å²) >= 11 is 1.11. The molecule has 1 aromatic carbocycles. The number of alkyl halides is 3. The molecule has 0 amide bonds. The Labute approximate surface area is 169 Å². The normalized spacial score (nSPS) is 11.9. The first kappa shape index (κ1) is 19.4. The smallest absolute Gasteiger partial charge is 0.288 e. The Balaban J connectivity index is 1.65. The van der Waals surface area contributed by atoms with E-state index in [0.717, 1.165) is 29.2 Å². The molecule has 9 heteroatoms. The monoisotopic (exact) mass is 415 g/mol. The molecule has 3 heterocycles. The number of fused-ring (bicyclic) bond motifs is 1. The molecule has 0 saturated heterocycles. The molecule has 148 valence electrons. The molecular weight excluding hydrogens is 399 g/mol. The van der Waals surface area contributed by atoms with E-state index in [-0.39, 0.29) is 10.9 Å². The van der Waals surface area contributed by atoms with Crippen molar-refractivity contribution in [3.63, 3.8) is 0 Å². The van der Waals surface area contributed by atoms with Crippen LogP contribution in [0.25, 0.3) is 17.0 Å². The third kappa shape index (κ3) is 4.24. The van der Waals surface area contributed by atoms with Gasteiger partial charge < -0.3 is 0 Å². The Morgan fingerprint density at radius 3 is 2.45 bits per heavy atom. The molecule has 29 heavy (non-hydrogen) atoms. The van der Waals surface area contributed by atoms with Gasteiger partial charge in [-0.1, -0.05) is 42.1 Å². The van der Waals surface area contributed by atoms with Gasteiger partial charge >= 0.3 is 6.18 Å². The van der Waals surface area contributed by atoms with Crippen LogP contribution in [0.4, 0.5) is 13.2 Å². The number of imidazole rings is 1. The van der Waals surface area contributed by atoms with Gasteiger partial charge in [-0.2, -0.15) is 13.2 Å². The Morgan fingerprint density at radius 1 is 0.966 bits per heavy atom. The van der Waals surface area contributed by atoms with Crippen LogP contribution in [0.5, 0.6) is 0 Å². The lowest BCUT2D eigenvalue weighted by atomic mass is 10.1. The maximum Gasteiger partial charge on any atom is 0.433 e. The summed E-state index contributed by atoms with van der Waals surface area (Å²) in [6.45, 7) is 3.83. The molecule has 0 bridgehead atoms. The predicted octanol–water partition coefficient (Wildman–Crippen LogP) is 5.11. The van der Waals surface area contributed by atoms with E-state index in [0.29, 0.717) is 22.8 Å². The highest BCUT2D eigenvalue weighted by atomic mass is 32.2. The summed E-state index contributed by atoms with van der Waals surface area (Å²) in [7, 11) is 0. The van der Waals surface area contributed by atoms with Crippen LogP contribution in [0.15, 0.2) is 53.8 Å². The van der Waals surface area contributed by atoms with E-state index in [2.05, 4.69) is 19.9 Å². The maximum absolute atomic E-state index is 13.3. The second-order valence-corrected chi connectivity index (χ2v) is 7.46. The fraction of sp³-hybridized carbons (Fsp3) is 0.200. The third-order valence-electron chi connectivity index (χ3n) is 4.23. The summed E-state index contributed by atoms with van der Waals surface area (Å²) in [5.74, 6) is 0.894. The Bertz CT molecular complexity index is 1170. The Hall–Kier alpha value is -2.94. The standard InChI is InChI=1S/C20H16F3N5S/c1-12-8-13(2)28-10-15(25-18(28)24-12)11-29-19-26-16(14-6-4-3-5-7-14)9-17(27-19)20(21,22)23/h3-10H,11H2,1-2H3. The summed E-state index contributed by atoms with van der Waals surface area (Å²) in [6.07, 6.45) is -2.72. The number of nitrogens with zero attached hydrogens (tertiary/aromatic N) is 5. The molecule has 4 aromatic rings. The topological polar surface area (TPSA) is 56.0 Å². The highest BCUT2D eigenvalue weighted by Gasteiger charge is 2.33. The van der Waals surface area contributed by atoms with Crippen molar-refractivity contribution in [2.75, 3.05) is 0 Å². The molecule has 3 aromatic heterocycles. The van der Waals surface area contributed by atoms with Crippen LogP contribution >= 0.6 is 11.8 Å². The van der Waals surface area contributed by atoms with Gasteiger partial charge in [0.1, 0.15) is 5.69 Å². The van der Waals surface area contributed by atoms with E-state index in [1.165, 1.54) is 0 Å². The first-order valence-electron chi connectivity index (χ1n) is 8.76. The van der Waals surface area contributed by atoms with E-state index in [4.69, 9.17) is 0 Å². The molecule has 0 saturated carbocycles. The average molecular weight is 415 g/mol. The second kappa shape index (κ2) is 7.47. The molecule has 0 radical (unpaired) electrons. The molecule has 0 unspecified atom stereocenters. The van der Waals surface area contributed by atoms with E-state index in [1.807, 2.05) is 30.5 Å². The van der Waals surface area contributed by atoms with Crippen LogP contribution < -0.4 is 0 Å². The van der Waals surface area contributed by atoms with Gasteiger partial charge in [-0.3, -0.25) is 4.40 Å². The molecule has 0 atom stereocenters. The highest BCUT2D eigenvalue weighted by Crippen LogP contribution is 2.32. The minimum Gasteiger partial charge on any atom is -0.288 e. The number of halogens is 3. The molecule has 0 N–H and O–H groups in total. The van der Waals surface area contributed by atoms with Crippen molar-refractivity contribution in [2.45, 2.75) is 30.9 Å². The third-order valence-corrected chi connectivity index (χ3v) is 5.11. The van der Waals surface area contributed by atoms with Crippen molar-refractivity contribution >= 4 is 17.5 Å². The number of aromatic nitrogens is 5. The molecule has 5 nitrogen and oxygen atoms in total. The van der Waals surface area contributed by atoms with Gasteiger partial charge in [0.25, 0.3) is 0 Å². The molecule has 0 aliphatic carbocycles. The summed E-state index contributed by atoms with van der Waals surface area (Å²) in [6, 6.07) is 11.7. The van der Waals surface area contributed by atoms with Gasteiger partial charge in [0.15, 0.2) is 5.16 Å². The second-order valence-electron chi connectivity index (χ2n) is 6.51. The summed E-state index contributed by atoms with van der Waals surface area (Å²) in [4.78, 5) is 16.9. The molecule has 0 spiro atoms. The van der Waals surface area contributed by atoms with Gasteiger partial charge in [-0.25, -0.2) is 19.9 Å². The zero-order valence-corrected chi connectivity index (χ0v) is 16.4. The number of hydrogen-bond donors (Lipinski definition) is 0. The number of aryl methyl sites for hydroxylation is 2. The first-order valence-corrected chi connectivity index (χ1v) is 9.75. The predicted molar refractivity (Wildman–Crippen MR) is 104 cm³/mol. The van der Waals surface area contributed by atoms with E-state index >= 15 is 0 Å². The maximum atomic E-state index is 13.3. The van der Waals surface area contributed by atoms with Crippen LogP contribution in [0.3, 0.4) is 0 Å². The van der Waals surface area contributed by atoms with Crippen LogP contribution in [0.1, 0.15) is 22.8 Å². The molecule has 0 fully saturated rings. The van der Waals surface area contributed by atoms with E-state index in [1.54, 1.807) is 30.3 Å². The van der Waals surface area contributed by atoms with Crippen LogP contribution in [-0.4, -0.2) is 24.3 Å². The lowest BCUT2D eigenvalue weighted by Crippen LogP contribution is -2.10. The van der Waals surface area contributed by atoms with Crippen molar-refractivity contribution in [3.8, 4) is 11.3 Å². The van der Waals surface area contributed by atoms with Crippen molar-refractivity contribution in [1.82, 2.24) is 24.3 Å². The molecule has 0 aliphatic rings. The number of hydrogen-bond acceptors (Lipinski definition) is 5. The largest absolute Gasteiger partial charge is 0.433 e. The highest BCUT2D eigenvalue weighted by molar-refractivity contribution is 7.98. The van der Waals surface area contributed by atoms with Crippen molar-refractivity contribution in [2.24, 2.45) is 0 Å². The van der Waals surface area contributed by atoms with E-state index < -0.39 is 11.9 Å². The lowest BCUT2D eigenvalue weighted by molar-refractivity contribution is -0.141. The number of benzene rings is 1. The van der Waals surface area contributed by atoms with Gasteiger partial charge in [0.2, 0.25) is 5.78 Å². The minimum atomic E-state index is -4.55. The van der Waals surface area contributed by atoms with Crippen molar-refractivity contribution < 1.29 is 13.2 Å². The molecule has 0 aliphatic heterocycles. The lowest BCUT2D eigenvalue weighted by Gasteiger charge is -2.10. The zero-order valence-electron chi connectivity index (χ0n) is 15.6. The number of thioether (sulfide) groups is 1. The fourth-order valence-electron chi connectivity index (χ4n) is 2.92. The summed E-state index contributed by atoms with van der Waals surface area (Å²) < 4.78 is 41.8. The van der Waals surface area contributed by atoms with Crippen molar-refractivity contribution in [1.29, 1.82) is 0 Å². The van der Waals surface area contributed by atoms with Gasteiger partial charge in [0, 0.05) is 28.9 Å². The number of rotatable bonds is 4. The quantitative estimate of drug-likeness (QED) is 0.342. The average Bonchev–Trinajstić information content (AvgIpc) is 3.09.